The third kappa shape index (κ3) is 1700. The summed E-state index contributed by atoms with van der Waals surface area (Å²) in [5.74, 6) is 0. The van der Waals surface area contributed by atoms with Crippen LogP contribution in [0.15, 0.2) is 0 Å². The minimum absolute atomic E-state index is 1.10. The first-order chi connectivity index (χ1) is 15.3. The summed E-state index contributed by atoms with van der Waals surface area (Å²) in [5.41, 5.74) is 0. The highest BCUT2D eigenvalue weighted by atomic mass is 19.5. The Morgan fingerprint density at radius 1 is 0.270 bits per heavy atom. The Balaban J connectivity index is -0.0000000570. The van der Waals surface area contributed by atoms with Crippen LogP contribution >= 0.6 is 0 Å². The van der Waals surface area contributed by atoms with Crippen molar-refractivity contribution in [1.82, 2.24) is 0 Å². The summed E-state index contributed by atoms with van der Waals surface area (Å²) in [4.78, 5) is 0. The first kappa shape index (κ1) is 52.2. The molecule has 0 saturated carbocycles. The first-order valence-corrected chi connectivity index (χ1v) is 8.22. The quantitative estimate of drug-likeness (QED) is 0.167. The van der Waals surface area contributed by atoms with Gasteiger partial charge >= 0.3 is 43.5 Å². The standard InChI is InChI=1S/C6H15O.6BF4/c1-4-7(5-2)6-3;6*2-1(3,4)5/h4-6H2,1-3H3;;;;;;/q+1;6*-1. The van der Waals surface area contributed by atoms with E-state index in [0.717, 1.165) is 19.8 Å². The van der Waals surface area contributed by atoms with Crippen molar-refractivity contribution in [1.29, 1.82) is 0 Å². The molecule has 0 saturated heterocycles. The van der Waals surface area contributed by atoms with E-state index in [1.807, 2.05) is 0 Å². The van der Waals surface area contributed by atoms with Gasteiger partial charge in [0.1, 0.15) is 19.8 Å². The van der Waals surface area contributed by atoms with Gasteiger partial charge in [-0.1, -0.05) is 0 Å². The molecule has 0 amide bonds. The Morgan fingerprint density at radius 2 is 0.324 bits per heavy atom. The molecule has 0 rings (SSSR count). The van der Waals surface area contributed by atoms with Gasteiger partial charge in [-0.2, -0.15) is 0 Å². The van der Waals surface area contributed by atoms with Gasteiger partial charge in [0.15, 0.2) is 0 Å². The van der Waals surface area contributed by atoms with Crippen LogP contribution in [-0.2, 0) is 4.37 Å². The summed E-state index contributed by atoms with van der Waals surface area (Å²) in [5, 5.41) is 0. The van der Waals surface area contributed by atoms with Crippen molar-refractivity contribution in [2.75, 3.05) is 19.8 Å². The maximum Gasteiger partial charge on any atom is 0.673 e. The van der Waals surface area contributed by atoms with Crippen molar-refractivity contribution in [2.45, 2.75) is 20.8 Å². The van der Waals surface area contributed by atoms with Crippen LogP contribution < -0.4 is 0 Å². The lowest BCUT2D eigenvalue weighted by Crippen LogP contribution is -2.11. The molecule has 0 aromatic rings. The average Bonchev–Trinajstić information content (AvgIpc) is 2.37. The zero-order valence-corrected chi connectivity index (χ0v) is 18.1. The molecular formula is C6H15B6F24O-5. The second-order valence-electron chi connectivity index (χ2n) is 4.45. The van der Waals surface area contributed by atoms with Gasteiger partial charge < -0.3 is 108 Å². The normalized spacial score (nSPS) is 11.7. The van der Waals surface area contributed by atoms with E-state index in [0.29, 0.717) is 0 Å². The van der Waals surface area contributed by atoms with Gasteiger partial charge in [-0.3, -0.25) is 0 Å². The van der Waals surface area contributed by atoms with Gasteiger partial charge in [0, 0.05) is 20.8 Å². The van der Waals surface area contributed by atoms with Gasteiger partial charge in [-0.05, 0) is 0 Å². The molecule has 31 heteroatoms. The molecule has 0 bridgehead atoms. The minimum atomic E-state index is -6.00. The molecule has 1 nitrogen and oxygen atoms in total. The van der Waals surface area contributed by atoms with Crippen molar-refractivity contribution < 1.29 is 108 Å². The molecule has 0 heterocycles. The Kier molecular flexibility index (Phi) is 33.5. The van der Waals surface area contributed by atoms with Crippen molar-refractivity contribution in [2.24, 2.45) is 0 Å². The molecule has 37 heavy (non-hydrogen) atoms. The van der Waals surface area contributed by atoms with E-state index in [9.17, 15) is 104 Å². The highest BCUT2D eigenvalue weighted by molar-refractivity contribution is 6.51. The van der Waals surface area contributed by atoms with E-state index in [1.54, 1.807) is 0 Å². The predicted octanol–water partition coefficient (Wildman–Crippen LogP) is 9.40. The SMILES string of the molecule is CC[O+](CC)CC.F[B-](F)(F)F.F[B-](F)(F)F.F[B-](F)(F)F.F[B-](F)(F)F.F[B-](F)(F)F.F[B-](F)(F)F. The molecule has 0 spiro atoms. The van der Waals surface area contributed by atoms with Crippen LogP contribution in [0.3, 0.4) is 0 Å². The summed E-state index contributed by atoms with van der Waals surface area (Å²) in [6.07, 6.45) is 0. The number of rotatable bonds is 3. The fourth-order valence-electron chi connectivity index (χ4n) is 0.612. The highest BCUT2D eigenvalue weighted by Gasteiger charge is 2.22. The molecule has 0 aromatic carbocycles. The third-order valence-corrected chi connectivity index (χ3v) is 1.22. The molecule has 236 valence electrons. The number of hydrogen-bond donors (Lipinski definition) is 0. The molecule has 0 atom stereocenters. The second kappa shape index (κ2) is 23.8. The Hall–Kier alpha value is -1.33. The van der Waals surface area contributed by atoms with Crippen LogP contribution in [-0.4, -0.2) is 63.3 Å². The van der Waals surface area contributed by atoms with E-state index >= 15 is 0 Å². The Morgan fingerprint density at radius 3 is 0.324 bits per heavy atom. The fourth-order valence-corrected chi connectivity index (χ4v) is 0.612. The van der Waals surface area contributed by atoms with Gasteiger partial charge in [0.2, 0.25) is 0 Å². The highest BCUT2D eigenvalue weighted by Crippen LogP contribution is 2.09. The molecule has 0 fully saturated rings. The molecule has 0 radical (unpaired) electrons. The Bertz CT molecular complexity index is 309. The molecule has 0 aliphatic heterocycles. The maximum absolute atomic E-state index is 9.75. The molecular weight excluding hydrogens is 609 g/mol. The van der Waals surface area contributed by atoms with E-state index in [1.165, 1.54) is 0 Å². The van der Waals surface area contributed by atoms with Crippen molar-refractivity contribution in [3.05, 3.63) is 0 Å². The van der Waals surface area contributed by atoms with Crippen LogP contribution in [0, 0.1) is 0 Å². The summed E-state index contributed by atoms with van der Waals surface area (Å²) in [6.45, 7) is 9.76. The largest absolute Gasteiger partial charge is 0.673 e. The van der Waals surface area contributed by atoms with E-state index in [4.69, 9.17) is 0 Å². The molecule has 0 unspecified atom stereocenters. The monoisotopic (exact) mass is 625 g/mol. The van der Waals surface area contributed by atoms with Gasteiger partial charge in [0.05, 0.1) is 0 Å². The lowest BCUT2D eigenvalue weighted by molar-refractivity contribution is -0.119. The van der Waals surface area contributed by atoms with Crippen molar-refractivity contribution in [3.63, 3.8) is 0 Å². The van der Waals surface area contributed by atoms with Crippen LogP contribution in [0.2, 0.25) is 0 Å². The summed E-state index contributed by atoms with van der Waals surface area (Å²) in [7, 11) is -36.0. The molecule has 0 N–H and O–H groups in total. The predicted molar refractivity (Wildman–Crippen MR) is 93.8 cm³/mol. The second-order valence-corrected chi connectivity index (χ2v) is 4.45. The lowest BCUT2D eigenvalue weighted by Gasteiger charge is -2.11. The summed E-state index contributed by atoms with van der Waals surface area (Å²) in [6, 6.07) is 0. The fraction of sp³-hybridized carbons (Fsp3) is 1.00. The van der Waals surface area contributed by atoms with Crippen LogP contribution in [0.1, 0.15) is 20.8 Å². The van der Waals surface area contributed by atoms with Gasteiger partial charge in [0.25, 0.3) is 0 Å². The first-order valence-electron chi connectivity index (χ1n) is 8.22. The smallest absolute Gasteiger partial charge is 0.422 e. The number of halogens is 24. The summed E-state index contributed by atoms with van der Waals surface area (Å²) >= 11 is 0. The zero-order chi connectivity index (χ0) is 32.7. The van der Waals surface area contributed by atoms with Crippen LogP contribution in [0.25, 0.3) is 0 Å². The van der Waals surface area contributed by atoms with Crippen LogP contribution in [0.4, 0.5) is 104 Å². The molecule has 0 aliphatic carbocycles. The summed E-state index contributed by atoms with van der Waals surface area (Å²) < 4.78 is 237. The van der Waals surface area contributed by atoms with Crippen LogP contribution in [0.5, 0.6) is 0 Å². The molecule has 0 aromatic heterocycles. The maximum atomic E-state index is 9.75. The van der Waals surface area contributed by atoms with Gasteiger partial charge in [-0.25, -0.2) is 0 Å². The third-order valence-electron chi connectivity index (χ3n) is 1.22. The number of hydrogen-bond acceptors (Lipinski definition) is 0. The topological polar surface area (TPSA) is 2.70 Å². The average molecular weight is 624 g/mol. The van der Waals surface area contributed by atoms with Crippen molar-refractivity contribution in [3.8, 4) is 0 Å². The minimum Gasteiger partial charge on any atom is -0.422 e. The molecule has 0 aliphatic rings. The van der Waals surface area contributed by atoms with Crippen molar-refractivity contribution >= 4 is 43.5 Å². The van der Waals surface area contributed by atoms with Gasteiger partial charge in [-0.15, -0.1) is 0 Å². The van der Waals surface area contributed by atoms with E-state index in [-0.39, 0.29) is 0 Å². The van der Waals surface area contributed by atoms with E-state index in [2.05, 4.69) is 25.1 Å². The Labute approximate surface area is 193 Å². The zero-order valence-electron chi connectivity index (χ0n) is 18.1. The lowest BCUT2D eigenvalue weighted by atomic mass is 10.3. The van der Waals surface area contributed by atoms with E-state index < -0.39 is 43.5 Å².